The van der Waals surface area contributed by atoms with Gasteiger partial charge in [-0.25, -0.2) is 0 Å². The molecule has 0 radical (unpaired) electrons. The first kappa shape index (κ1) is 15.0. The lowest BCUT2D eigenvalue weighted by Gasteiger charge is -2.46. The minimum absolute atomic E-state index is 0.306. The molecule has 2 N–H and O–H groups in total. The summed E-state index contributed by atoms with van der Waals surface area (Å²) in [6.07, 6.45) is 7.98. The Kier molecular flexibility index (Phi) is 5.94. The number of nitrogens with two attached hydrogens (primary N) is 1. The molecule has 102 valence electrons. The average molecular weight is 240 g/mol. The highest BCUT2D eigenvalue weighted by atomic mass is 15.2. The van der Waals surface area contributed by atoms with Crippen LogP contribution in [0.4, 0.5) is 0 Å². The maximum Gasteiger partial charge on any atom is 0.0328 e. The van der Waals surface area contributed by atoms with Crippen LogP contribution in [-0.2, 0) is 0 Å². The highest BCUT2D eigenvalue weighted by Crippen LogP contribution is 2.36. The van der Waals surface area contributed by atoms with Gasteiger partial charge >= 0.3 is 0 Å². The molecule has 0 aromatic heterocycles. The minimum Gasteiger partial charge on any atom is -0.329 e. The van der Waals surface area contributed by atoms with E-state index < -0.39 is 0 Å². The molecule has 1 saturated carbocycles. The molecule has 0 unspecified atom stereocenters. The largest absolute Gasteiger partial charge is 0.329 e. The molecular formula is C15H32N2. The van der Waals surface area contributed by atoms with Gasteiger partial charge in [0.1, 0.15) is 0 Å². The smallest absolute Gasteiger partial charge is 0.0328 e. The van der Waals surface area contributed by atoms with Crippen LogP contribution >= 0.6 is 0 Å². The van der Waals surface area contributed by atoms with Crippen LogP contribution in [0.1, 0.15) is 59.3 Å². The second-order valence-electron chi connectivity index (χ2n) is 6.38. The summed E-state index contributed by atoms with van der Waals surface area (Å²) in [5, 5.41) is 0. The van der Waals surface area contributed by atoms with Crippen molar-refractivity contribution in [3.05, 3.63) is 0 Å². The van der Waals surface area contributed by atoms with Gasteiger partial charge in [0, 0.05) is 12.1 Å². The van der Waals surface area contributed by atoms with E-state index in [1.807, 2.05) is 0 Å². The van der Waals surface area contributed by atoms with Crippen LogP contribution in [-0.4, -0.2) is 30.6 Å². The van der Waals surface area contributed by atoms with Crippen molar-refractivity contribution in [2.75, 3.05) is 20.1 Å². The lowest BCUT2D eigenvalue weighted by Crippen LogP contribution is -2.54. The predicted octanol–water partition coefficient (Wildman–Crippen LogP) is 3.26. The van der Waals surface area contributed by atoms with Gasteiger partial charge in [0.05, 0.1) is 0 Å². The van der Waals surface area contributed by atoms with Crippen LogP contribution in [0.3, 0.4) is 0 Å². The van der Waals surface area contributed by atoms with Crippen LogP contribution in [0.25, 0.3) is 0 Å². The van der Waals surface area contributed by atoms with E-state index >= 15 is 0 Å². The predicted molar refractivity (Wildman–Crippen MR) is 76.1 cm³/mol. The van der Waals surface area contributed by atoms with E-state index in [1.54, 1.807) is 0 Å². The monoisotopic (exact) mass is 240 g/mol. The Morgan fingerprint density at radius 3 is 2.29 bits per heavy atom. The number of hydrogen-bond acceptors (Lipinski definition) is 2. The first-order valence-corrected chi connectivity index (χ1v) is 7.45. The van der Waals surface area contributed by atoms with Gasteiger partial charge in [-0.05, 0) is 57.5 Å². The molecule has 0 aromatic rings. The van der Waals surface area contributed by atoms with Crippen LogP contribution in [0.5, 0.6) is 0 Å². The number of rotatable bonds is 6. The zero-order valence-corrected chi connectivity index (χ0v) is 12.3. The normalized spacial score (nSPS) is 30.2. The summed E-state index contributed by atoms with van der Waals surface area (Å²) in [7, 11) is 2.28. The average Bonchev–Trinajstić information content (AvgIpc) is 2.35. The van der Waals surface area contributed by atoms with E-state index in [2.05, 4.69) is 32.7 Å². The van der Waals surface area contributed by atoms with Crippen molar-refractivity contribution in [3.63, 3.8) is 0 Å². The van der Waals surface area contributed by atoms with Crippen molar-refractivity contribution in [2.45, 2.75) is 64.8 Å². The van der Waals surface area contributed by atoms with Crippen molar-refractivity contribution >= 4 is 0 Å². The van der Waals surface area contributed by atoms with Crippen LogP contribution < -0.4 is 5.73 Å². The SMILES string of the molecule is CCC1CCC(CN)(N(C)CCC(C)C)CC1. The second kappa shape index (κ2) is 6.75. The van der Waals surface area contributed by atoms with Crippen LogP contribution in [0.15, 0.2) is 0 Å². The Balaban J connectivity index is 2.51. The molecule has 2 nitrogen and oxygen atoms in total. The zero-order chi connectivity index (χ0) is 12.9. The molecule has 1 rings (SSSR count). The molecule has 17 heavy (non-hydrogen) atoms. The van der Waals surface area contributed by atoms with Gasteiger partial charge in [0.25, 0.3) is 0 Å². The summed E-state index contributed by atoms with van der Waals surface area (Å²) in [4.78, 5) is 2.55. The Hall–Kier alpha value is -0.0800. The van der Waals surface area contributed by atoms with Gasteiger partial charge in [-0.3, -0.25) is 4.90 Å². The molecule has 0 heterocycles. The van der Waals surface area contributed by atoms with Crippen LogP contribution in [0.2, 0.25) is 0 Å². The van der Waals surface area contributed by atoms with E-state index in [-0.39, 0.29) is 0 Å². The first-order valence-electron chi connectivity index (χ1n) is 7.45. The van der Waals surface area contributed by atoms with Gasteiger partial charge in [-0.15, -0.1) is 0 Å². The summed E-state index contributed by atoms with van der Waals surface area (Å²) in [5.74, 6) is 1.74. The van der Waals surface area contributed by atoms with E-state index in [0.717, 1.165) is 18.4 Å². The lowest BCUT2D eigenvalue weighted by molar-refractivity contribution is 0.0605. The molecule has 0 amide bonds. The summed E-state index contributed by atoms with van der Waals surface area (Å²) in [6, 6.07) is 0. The third kappa shape index (κ3) is 3.96. The second-order valence-corrected chi connectivity index (χ2v) is 6.38. The lowest BCUT2D eigenvalue weighted by atomic mass is 9.74. The molecule has 1 fully saturated rings. The highest BCUT2D eigenvalue weighted by Gasteiger charge is 2.36. The van der Waals surface area contributed by atoms with Gasteiger partial charge in [0.2, 0.25) is 0 Å². The summed E-state index contributed by atoms with van der Waals surface area (Å²) in [5.41, 5.74) is 6.40. The quantitative estimate of drug-likeness (QED) is 0.772. The van der Waals surface area contributed by atoms with Crippen molar-refractivity contribution in [1.82, 2.24) is 4.90 Å². The molecule has 2 heteroatoms. The summed E-state index contributed by atoms with van der Waals surface area (Å²) in [6.45, 7) is 8.96. The van der Waals surface area contributed by atoms with Crippen molar-refractivity contribution in [2.24, 2.45) is 17.6 Å². The molecule has 0 bridgehead atoms. The molecule has 1 aliphatic rings. The summed E-state index contributed by atoms with van der Waals surface area (Å²) < 4.78 is 0. The third-order valence-corrected chi connectivity index (χ3v) is 4.84. The topological polar surface area (TPSA) is 29.3 Å². The standard InChI is InChI=1S/C15H32N2/c1-5-14-6-9-15(12-16,10-7-14)17(4)11-8-13(2)3/h13-14H,5-12,16H2,1-4H3. The van der Waals surface area contributed by atoms with Gasteiger partial charge in [-0.2, -0.15) is 0 Å². The first-order chi connectivity index (χ1) is 8.04. The molecule has 0 saturated heterocycles. The number of nitrogens with zero attached hydrogens (tertiary/aromatic N) is 1. The van der Waals surface area contributed by atoms with E-state index in [0.29, 0.717) is 5.54 Å². The minimum atomic E-state index is 0.306. The number of likely N-dealkylation sites (N-methyl/N-ethyl adjacent to an activating group) is 1. The third-order valence-electron chi connectivity index (χ3n) is 4.84. The van der Waals surface area contributed by atoms with Gasteiger partial charge < -0.3 is 5.73 Å². The molecular weight excluding hydrogens is 208 g/mol. The van der Waals surface area contributed by atoms with E-state index in [9.17, 15) is 0 Å². The van der Waals surface area contributed by atoms with E-state index in [4.69, 9.17) is 5.73 Å². The van der Waals surface area contributed by atoms with Gasteiger partial charge in [0.15, 0.2) is 0 Å². The fourth-order valence-corrected chi connectivity index (χ4v) is 3.05. The van der Waals surface area contributed by atoms with Gasteiger partial charge in [-0.1, -0.05) is 27.2 Å². The van der Waals surface area contributed by atoms with Crippen LogP contribution in [0, 0.1) is 11.8 Å². The van der Waals surface area contributed by atoms with Crippen molar-refractivity contribution in [1.29, 1.82) is 0 Å². The highest BCUT2D eigenvalue weighted by molar-refractivity contribution is 4.94. The Morgan fingerprint density at radius 2 is 1.88 bits per heavy atom. The molecule has 0 aromatic carbocycles. The molecule has 0 spiro atoms. The fraction of sp³-hybridized carbons (Fsp3) is 1.00. The molecule has 0 atom stereocenters. The van der Waals surface area contributed by atoms with Crippen molar-refractivity contribution < 1.29 is 0 Å². The maximum absolute atomic E-state index is 6.09. The fourth-order valence-electron chi connectivity index (χ4n) is 3.05. The maximum atomic E-state index is 6.09. The van der Waals surface area contributed by atoms with Crippen molar-refractivity contribution in [3.8, 4) is 0 Å². The molecule has 1 aliphatic carbocycles. The zero-order valence-electron chi connectivity index (χ0n) is 12.3. The number of hydrogen-bond donors (Lipinski definition) is 1. The Labute approximate surface area is 108 Å². The molecule has 0 aliphatic heterocycles. The summed E-state index contributed by atoms with van der Waals surface area (Å²) >= 11 is 0. The Morgan fingerprint density at radius 1 is 1.29 bits per heavy atom. The Bertz CT molecular complexity index is 205. The van der Waals surface area contributed by atoms with E-state index in [1.165, 1.54) is 45.1 Å².